The average molecular weight is 298 g/mol. The van der Waals surface area contributed by atoms with Gasteiger partial charge in [-0.1, -0.05) is 0 Å². The van der Waals surface area contributed by atoms with Gasteiger partial charge in [0.2, 0.25) is 0 Å². The Kier molecular flexibility index (Phi) is 6.18. The number of nitrogens with zero attached hydrogens (tertiary/aromatic N) is 2. The molecular weight excluding hydrogens is 280 g/mol. The van der Waals surface area contributed by atoms with E-state index in [2.05, 4.69) is 20.5 Å². The second kappa shape index (κ2) is 7.88. The van der Waals surface area contributed by atoms with Crippen LogP contribution in [0.2, 0.25) is 0 Å². The van der Waals surface area contributed by atoms with Crippen LogP contribution in [0.5, 0.6) is 0 Å². The van der Waals surface area contributed by atoms with E-state index in [0.29, 0.717) is 0 Å². The first-order valence-corrected chi connectivity index (χ1v) is 6.25. The Labute approximate surface area is 121 Å². The highest BCUT2D eigenvalue weighted by atomic mass is 16.5. The van der Waals surface area contributed by atoms with Crippen LogP contribution in [0, 0.1) is 0 Å². The van der Waals surface area contributed by atoms with Crippen molar-refractivity contribution in [2.24, 2.45) is 7.05 Å². The fraction of sp³-hybridized carbons (Fsp3) is 0.500. The molecule has 1 heterocycles. The summed E-state index contributed by atoms with van der Waals surface area (Å²) in [5.74, 6) is -1.74. The minimum Gasteiger partial charge on any atom is -0.480 e. The van der Waals surface area contributed by atoms with Gasteiger partial charge in [0.1, 0.15) is 6.04 Å². The molecule has 0 aliphatic rings. The summed E-state index contributed by atoms with van der Waals surface area (Å²) in [6.07, 6.45) is 1.46. The number of esters is 1. The van der Waals surface area contributed by atoms with Gasteiger partial charge in [-0.2, -0.15) is 5.10 Å². The number of carboxylic acid groups (broad SMARTS) is 1. The van der Waals surface area contributed by atoms with Gasteiger partial charge in [-0.05, 0) is 12.5 Å². The second-order valence-corrected chi connectivity index (χ2v) is 4.28. The van der Waals surface area contributed by atoms with Crippen LogP contribution >= 0.6 is 0 Å². The molecule has 1 atom stereocenters. The van der Waals surface area contributed by atoms with Crippen LogP contribution < -0.4 is 10.6 Å². The van der Waals surface area contributed by atoms with Crippen molar-refractivity contribution in [2.75, 3.05) is 7.11 Å². The molecule has 0 bridgehead atoms. The lowest BCUT2D eigenvalue weighted by atomic mass is 10.1. The predicted octanol–water partition coefficient (Wildman–Crippen LogP) is -0.374. The number of aliphatic carboxylic acids is 1. The molecule has 0 radical (unpaired) electrons. The van der Waals surface area contributed by atoms with Crippen LogP contribution in [0.3, 0.4) is 0 Å². The van der Waals surface area contributed by atoms with Crippen molar-refractivity contribution in [1.82, 2.24) is 20.4 Å². The SMILES string of the molecule is COC(=O)CC[C@@H](NC(=O)NCc1ccnn1C)C(=O)O. The number of hydrogen-bond acceptors (Lipinski definition) is 5. The fourth-order valence-electron chi connectivity index (χ4n) is 1.58. The van der Waals surface area contributed by atoms with Crippen LogP contribution in [-0.2, 0) is 27.9 Å². The van der Waals surface area contributed by atoms with E-state index in [1.165, 1.54) is 7.11 Å². The quantitative estimate of drug-likeness (QED) is 0.590. The molecule has 0 unspecified atom stereocenters. The maximum absolute atomic E-state index is 11.6. The molecule has 0 saturated heterocycles. The maximum Gasteiger partial charge on any atom is 0.326 e. The van der Waals surface area contributed by atoms with Gasteiger partial charge in [-0.15, -0.1) is 0 Å². The molecular formula is C12H18N4O5. The molecule has 21 heavy (non-hydrogen) atoms. The molecule has 1 rings (SSSR count). The van der Waals surface area contributed by atoms with E-state index in [1.54, 1.807) is 24.0 Å². The summed E-state index contributed by atoms with van der Waals surface area (Å²) in [5.41, 5.74) is 0.770. The summed E-state index contributed by atoms with van der Waals surface area (Å²) in [7, 11) is 2.94. The molecule has 9 heteroatoms. The Bertz CT molecular complexity index is 514. The van der Waals surface area contributed by atoms with Crippen LogP contribution in [0.25, 0.3) is 0 Å². The van der Waals surface area contributed by atoms with Crippen LogP contribution in [0.15, 0.2) is 12.3 Å². The molecule has 0 aliphatic heterocycles. The minimum absolute atomic E-state index is 0.0405. The third kappa shape index (κ3) is 5.51. The summed E-state index contributed by atoms with van der Waals surface area (Å²) < 4.78 is 6.01. The number of carboxylic acids is 1. The van der Waals surface area contributed by atoms with E-state index in [1.807, 2.05) is 0 Å². The molecule has 0 fully saturated rings. The third-order valence-electron chi connectivity index (χ3n) is 2.82. The first-order chi connectivity index (χ1) is 9.93. The number of carbonyl (C=O) groups is 3. The summed E-state index contributed by atoms with van der Waals surface area (Å²) in [5, 5.41) is 17.8. The van der Waals surface area contributed by atoms with Crippen molar-refractivity contribution in [3.63, 3.8) is 0 Å². The number of amides is 2. The van der Waals surface area contributed by atoms with Crippen molar-refractivity contribution < 1.29 is 24.2 Å². The Balaban J connectivity index is 2.43. The Morgan fingerprint density at radius 3 is 2.71 bits per heavy atom. The second-order valence-electron chi connectivity index (χ2n) is 4.28. The first kappa shape index (κ1) is 16.5. The van der Waals surface area contributed by atoms with Gasteiger partial charge in [-0.25, -0.2) is 9.59 Å². The molecule has 1 aromatic rings. The highest BCUT2D eigenvalue weighted by Gasteiger charge is 2.21. The fourth-order valence-corrected chi connectivity index (χ4v) is 1.58. The van der Waals surface area contributed by atoms with Gasteiger partial charge in [0.15, 0.2) is 0 Å². The first-order valence-electron chi connectivity index (χ1n) is 6.25. The number of rotatable bonds is 7. The number of methoxy groups -OCH3 is 1. The number of nitrogens with one attached hydrogen (secondary N) is 2. The molecule has 1 aromatic heterocycles. The molecule has 0 spiro atoms. The summed E-state index contributed by atoms with van der Waals surface area (Å²) in [6, 6.07) is -0.0595. The van der Waals surface area contributed by atoms with Gasteiger partial charge >= 0.3 is 18.0 Å². The van der Waals surface area contributed by atoms with Gasteiger partial charge in [0, 0.05) is 19.7 Å². The van der Waals surface area contributed by atoms with Gasteiger partial charge < -0.3 is 20.5 Å². The van der Waals surface area contributed by atoms with E-state index < -0.39 is 24.0 Å². The highest BCUT2D eigenvalue weighted by Crippen LogP contribution is 2.00. The Morgan fingerprint density at radius 2 is 2.19 bits per heavy atom. The van der Waals surface area contributed by atoms with E-state index >= 15 is 0 Å². The number of carbonyl (C=O) groups excluding carboxylic acids is 2. The van der Waals surface area contributed by atoms with Crippen molar-refractivity contribution >= 4 is 18.0 Å². The maximum atomic E-state index is 11.6. The molecule has 116 valence electrons. The molecule has 0 aliphatic carbocycles. The summed E-state index contributed by atoms with van der Waals surface area (Å²) >= 11 is 0. The van der Waals surface area contributed by atoms with Crippen molar-refractivity contribution in [2.45, 2.75) is 25.4 Å². The zero-order valence-electron chi connectivity index (χ0n) is 11.8. The predicted molar refractivity (Wildman–Crippen MR) is 71.3 cm³/mol. The lowest BCUT2D eigenvalue weighted by molar-refractivity contribution is -0.142. The van der Waals surface area contributed by atoms with Crippen molar-refractivity contribution in [3.05, 3.63) is 18.0 Å². The third-order valence-corrected chi connectivity index (χ3v) is 2.82. The molecule has 9 nitrogen and oxygen atoms in total. The van der Waals surface area contributed by atoms with Gasteiger partial charge in [-0.3, -0.25) is 9.48 Å². The van der Waals surface area contributed by atoms with Gasteiger partial charge in [0.25, 0.3) is 0 Å². The largest absolute Gasteiger partial charge is 0.480 e. The van der Waals surface area contributed by atoms with E-state index in [9.17, 15) is 14.4 Å². The lowest BCUT2D eigenvalue weighted by Crippen LogP contribution is -2.46. The number of urea groups is 1. The van der Waals surface area contributed by atoms with E-state index in [0.717, 1.165) is 5.69 Å². The summed E-state index contributed by atoms with van der Waals surface area (Å²) in [6.45, 7) is 0.214. The lowest BCUT2D eigenvalue weighted by Gasteiger charge is -2.14. The van der Waals surface area contributed by atoms with Crippen LogP contribution in [0.1, 0.15) is 18.5 Å². The minimum atomic E-state index is -1.21. The van der Waals surface area contributed by atoms with E-state index in [4.69, 9.17) is 5.11 Å². The van der Waals surface area contributed by atoms with Crippen LogP contribution in [-0.4, -0.2) is 46.0 Å². The van der Waals surface area contributed by atoms with Crippen molar-refractivity contribution in [1.29, 1.82) is 0 Å². The highest BCUT2D eigenvalue weighted by molar-refractivity contribution is 5.83. The molecule has 2 amide bonds. The smallest absolute Gasteiger partial charge is 0.326 e. The summed E-state index contributed by atoms with van der Waals surface area (Å²) in [4.78, 5) is 33.7. The normalized spacial score (nSPS) is 11.5. The number of aryl methyl sites for hydroxylation is 1. The number of aromatic nitrogens is 2. The average Bonchev–Trinajstić information content (AvgIpc) is 2.85. The number of hydrogen-bond donors (Lipinski definition) is 3. The zero-order chi connectivity index (χ0) is 15.8. The van der Waals surface area contributed by atoms with Crippen molar-refractivity contribution in [3.8, 4) is 0 Å². The molecule has 0 aromatic carbocycles. The standard InChI is InChI=1S/C12H18N4O5/c1-16-8(5-6-14-16)7-13-12(20)15-9(11(18)19)3-4-10(17)21-2/h5-6,9H,3-4,7H2,1-2H3,(H,18,19)(H2,13,15,20)/t9-/m1/s1. The van der Waals surface area contributed by atoms with Gasteiger partial charge in [0.05, 0.1) is 19.3 Å². The Hall–Kier alpha value is -2.58. The topological polar surface area (TPSA) is 123 Å². The number of ether oxygens (including phenoxy) is 1. The molecule has 3 N–H and O–H groups in total. The monoisotopic (exact) mass is 298 g/mol. The molecule has 0 saturated carbocycles. The van der Waals surface area contributed by atoms with E-state index in [-0.39, 0.29) is 19.4 Å². The van der Waals surface area contributed by atoms with Crippen LogP contribution in [0.4, 0.5) is 4.79 Å². The zero-order valence-corrected chi connectivity index (χ0v) is 11.8. The Morgan fingerprint density at radius 1 is 1.48 bits per heavy atom.